The number of nitrogens with zero attached hydrogens (tertiary/aromatic N) is 4. The molecule has 0 fully saturated rings. The Bertz CT molecular complexity index is 1040. The van der Waals surface area contributed by atoms with Crippen molar-refractivity contribution in [3.63, 3.8) is 0 Å². The highest BCUT2D eigenvalue weighted by atomic mass is 16.6. The highest BCUT2D eigenvalue weighted by Crippen LogP contribution is 2.25. The predicted octanol–water partition coefficient (Wildman–Crippen LogP) is 3.08. The second kappa shape index (κ2) is 8.43. The van der Waals surface area contributed by atoms with Gasteiger partial charge in [-0.05, 0) is 18.2 Å². The van der Waals surface area contributed by atoms with Crippen molar-refractivity contribution in [2.24, 2.45) is 0 Å². The van der Waals surface area contributed by atoms with Crippen molar-refractivity contribution >= 4 is 23.0 Å². The second-order valence-electron chi connectivity index (χ2n) is 5.02. The van der Waals surface area contributed by atoms with Crippen molar-refractivity contribution in [1.29, 1.82) is 15.8 Å². The molecule has 0 bridgehead atoms. The molecule has 1 amide bonds. The molecule has 0 aliphatic rings. The first-order chi connectivity index (χ1) is 13.0. The summed E-state index contributed by atoms with van der Waals surface area (Å²) in [4.78, 5) is 22.9. The average molecular weight is 358 g/mol. The number of nitrogens with one attached hydrogen (secondary N) is 2. The lowest BCUT2D eigenvalue weighted by molar-refractivity contribution is -0.384. The van der Waals surface area contributed by atoms with E-state index in [1.54, 1.807) is 48.5 Å². The summed E-state index contributed by atoms with van der Waals surface area (Å²) in [5, 5.41) is 43.1. The Balaban J connectivity index is 2.49. The molecule has 0 saturated carbocycles. The lowest BCUT2D eigenvalue weighted by Crippen LogP contribution is -2.15. The minimum Gasteiger partial charge on any atom is -0.344 e. The van der Waals surface area contributed by atoms with Crippen LogP contribution in [0.1, 0.15) is 10.4 Å². The van der Waals surface area contributed by atoms with Crippen LogP contribution in [0.15, 0.2) is 59.8 Å². The third kappa shape index (κ3) is 4.44. The number of hydrogen-bond donors (Lipinski definition) is 2. The molecular weight excluding hydrogens is 348 g/mol. The molecule has 0 spiro atoms. The summed E-state index contributed by atoms with van der Waals surface area (Å²) in [6.45, 7) is 0. The number of nitro benzene ring substituents is 1. The number of allylic oxidation sites excluding steroid dienone is 2. The summed E-state index contributed by atoms with van der Waals surface area (Å²) in [5.41, 5.74) is -0.815. The molecule has 130 valence electrons. The van der Waals surface area contributed by atoms with Crippen molar-refractivity contribution in [3.05, 3.63) is 75.5 Å². The standard InChI is InChI=1S/C18H10N6O3/c19-9-12(10-20)17(11-21)23-16-7-6-14(24(26)27)8-15(16)18(25)22-13-4-2-1-3-5-13/h1-8,23H,(H,22,25). The zero-order valence-corrected chi connectivity index (χ0v) is 13.6. The van der Waals surface area contributed by atoms with Gasteiger partial charge in [0, 0.05) is 17.8 Å². The van der Waals surface area contributed by atoms with E-state index in [0.717, 1.165) is 12.1 Å². The third-order valence-electron chi connectivity index (χ3n) is 3.34. The number of nitriles is 3. The van der Waals surface area contributed by atoms with E-state index in [4.69, 9.17) is 15.8 Å². The third-order valence-corrected chi connectivity index (χ3v) is 3.34. The summed E-state index contributed by atoms with van der Waals surface area (Å²) in [7, 11) is 0. The van der Waals surface area contributed by atoms with Crippen molar-refractivity contribution in [2.75, 3.05) is 10.6 Å². The Morgan fingerprint density at radius 2 is 1.63 bits per heavy atom. The predicted molar refractivity (Wildman–Crippen MR) is 95.0 cm³/mol. The van der Waals surface area contributed by atoms with Gasteiger partial charge in [-0.3, -0.25) is 14.9 Å². The first-order valence-electron chi connectivity index (χ1n) is 7.36. The fourth-order valence-electron chi connectivity index (χ4n) is 2.08. The van der Waals surface area contributed by atoms with Crippen molar-refractivity contribution in [1.82, 2.24) is 0 Å². The molecule has 0 aliphatic heterocycles. The summed E-state index contributed by atoms with van der Waals surface area (Å²) < 4.78 is 0. The van der Waals surface area contributed by atoms with Crippen LogP contribution in [0.4, 0.5) is 17.1 Å². The lowest BCUT2D eigenvalue weighted by atomic mass is 10.1. The zero-order chi connectivity index (χ0) is 19.8. The monoisotopic (exact) mass is 358 g/mol. The maximum atomic E-state index is 12.6. The fraction of sp³-hybridized carbons (Fsp3) is 0. The van der Waals surface area contributed by atoms with Crippen molar-refractivity contribution in [2.45, 2.75) is 0 Å². The molecular formula is C18H10N6O3. The van der Waals surface area contributed by atoms with E-state index in [-0.39, 0.29) is 22.6 Å². The summed E-state index contributed by atoms with van der Waals surface area (Å²) in [6.07, 6.45) is 0. The van der Waals surface area contributed by atoms with E-state index in [1.807, 2.05) is 0 Å². The number of carbonyl (C=O) groups is 1. The number of hydrogen-bond acceptors (Lipinski definition) is 7. The Morgan fingerprint density at radius 3 is 2.19 bits per heavy atom. The molecule has 9 nitrogen and oxygen atoms in total. The van der Waals surface area contributed by atoms with Crippen LogP contribution >= 0.6 is 0 Å². The van der Waals surface area contributed by atoms with Gasteiger partial charge in [0.05, 0.1) is 16.2 Å². The normalized spacial score (nSPS) is 9.07. The van der Waals surface area contributed by atoms with Gasteiger partial charge in [-0.15, -0.1) is 0 Å². The topological polar surface area (TPSA) is 156 Å². The van der Waals surface area contributed by atoms with Gasteiger partial charge < -0.3 is 10.6 Å². The number of nitro groups is 1. The van der Waals surface area contributed by atoms with Crippen LogP contribution in [-0.4, -0.2) is 10.8 Å². The zero-order valence-electron chi connectivity index (χ0n) is 13.6. The van der Waals surface area contributed by atoms with E-state index in [9.17, 15) is 14.9 Å². The largest absolute Gasteiger partial charge is 0.344 e. The highest BCUT2D eigenvalue weighted by Gasteiger charge is 2.19. The Morgan fingerprint density at radius 1 is 0.963 bits per heavy atom. The summed E-state index contributed by atoms with van der Waals surface area (Å²) in [6, 6.07) is 16.6. The van der Waals surface area contributed by atoms with E-state index in [2.05, 4.69) is 10.6 Å². The van der Waals surface area contributed by atoms with Gasteiger partial charge in [-0.2, -0.15) is 15.8 Å². The molecule has 0 saturated heterocycles. The average Bonchev–Trinajstić information content (AvgIpc) is 2.68. The van der Waals surface area contributed by atoms with Gasteiger partial charge in [-0.1, -0.05) is 18.2 Å². The Labute approximate surface area is 153 Å². The number of anilines is 2. The highest BCUT2D eigenvalue weighted by molar-refractivity contribution is 6.08. The summed E-state index contributed by atoms with van der Waals surface area (Å²) in [5.74, 6) is -0.667. The molecule has 0 aliphatic carbocycles. The van der Waals surface area contributed by atoms with E-state index >= 15 is 0 Å². The Kier molecular flexibility index (Phi) is 5.82. The van der Waals surface area contributed by atoms with Gasteiger partial charge in [0.2, 0.25) is 0 Å². The number of benzene rings is 2. The summed E-state index contributed by atoms with van der Waals surface area (Å²) >= 11 is 0. The number of amides is 1. The fourth-order valence-corrected chi connectivity index (χ4v) is 2.08. The molecule has 9 heteroatoms. The molecule has 2 aromatic carbocycles. The molecule has 0 atom stereocenters. The van der Waals surface area contributed by atoms with Gasteiger partial charge in [0.15, 0.2) is 5.57 Å². The minimum absolute atomic E-state index is 0.0357. The maximum Gasteiger partial charge on any atom is 0.270 e. The van der Waals surface area contributed by atoms with Gasteiger partial charge in [-0.25, -0.2) is 0 Å². The molecule has 0 heterocycles. The molecule has 0 unspecified atom stereocenters. The number of rotatable bonds is 5. The van der Waals surface area contributed by atoms with Crippen molar-refractivity contribution < 1.29 is 9.72 Å². The second-order valence-corrected chi connectivity index (χ2v) is 5.02. The van der Waals surface area contributed by atoms with Crippen LogP contribution in [0, 0.1) is 44.1 Å². The quantitative estimate of drug-likeness (QED) is 0.472. The molecule has 0 aromatic heterocycles. The maximum absolute atomic E-state index is 12.6. The van der Waals surface area contributed by atoms with Crippen LogP contribution in [-0.2, 0) is 0 Å². The molecule has 2 aromatic rings. The minimum atomic E-state index is -0.667. The molecule has 0 radical (unpaired) electrons. The molecule has 27 heavy (non-hydrogen) atoms. The van der Waals surface area contributed by atoms with Gasteiger partial charge >= 0.3 is 0 Å². The number of carbonyl (C=O) groups excluding carboxylic acids is 1. The molecule has 2 N–H and O–H groups in total. The SMILES string of the molecule is N#CC(C#N)=C(C#N)Nc1ccc([N+](=O)[O-])cc1C(=O)Nc1ccccc1. The van der Waals surface area contributed by atoms with Crippen LogP contribution in [0.2, 0.25) is 0 Å². The van der Waals surface area contributed by atoms with E-state index in [1.165, 1.54) is 6.07 Å². The number of para-hydroxylation sites is 1. The van der Waals surface area contributed by atoms with E-state index < -0.39 is 16.4 Å². The van der Waals surface area contributed by atoms with Crippen molar-refractivity contribution in [3.8, 4) is 18.2 Å². The van der Waals surface area contributed by atoms with Gasteiger partial charge in [0.1, 0.15) is 23.9 Å². The smallest absolute Gasteiger partial charge is 0.270 e. The van der Waals surface area contributed by atoms with Crippen LogP contribution in [0.3, 0.4) is 0 Å². The van der Waals surface area contributed by atoms with Crippen LogP contribution in [0.5, 0.6) is 0 Å². The van der Waals surface area contributed by atoms with Crippen LogP contribution in [0.25, 0.3) is 0 Å². The van der Waals surface area contributed by atoms with Gasteiger partial charge in [0.25, 0.3) is 11.6 Å². The van der Waals surface area contributed by atoms with E-state index in [0.29, 0.717) is 5.69 Å². The first-order valence-corrected chi connectivity index (χ1v) is 7.36. The molecule has 2 rings (SSSR count). The lowest BCUT2D eigenvalue weighted by Gasteiger charge is -2.11. The Hall–Kier alpha value is -4.68. The first kappa shape index (κ1) is 18.7. The number of non-ortho nitro benzene ring substituents is 1. The van der Waals surface area contributed by atoms with Crippen LogP contribution < -0.4 is 10.6 Å².